The number of rotatable bonds is 3. The average molecular weight is 283 g/mol. The Morgan fingerprint density at radius 2 is 2.33 bits per heavy atom. The number of nitrogen functional groups attached to an aromatic ring is 1. The van der Waals surface area contributed by atoms with Gasteiger partial charge >= 0.3 is 0 Å². The van der Waals surface area contributed by atoms with Gasteiger partial charge in [-0.1, -0.05) is 0 Å². The van der Waals surface area contributed by atoms with Crippen LogP contribution in [0.3, 0.4) is 0 Å². The highest BCUT2D eigenvalue weighted by Crippen LogP contribution is 2.26. The molecule has 0 aliphatic rings. The molecular formula is C9H9N5O2S2. The van der Waals surface area contributed by atoms with E-state index in [0.29, 0.717) is 0 Å². The Morgan fingerprint density at radius 1 is 1.61 bits per heavy atom. The summed E-state index contributed by atoms with van der Waals surface area (Å²) in [5.74, 6) is -0.0833. The molecule has 7 nitrogen and oxygen atoms in total. The molecule has 2 heterocycles. The Hall–Kier alpha value is -2.05. The molecule has 0 radical (unpaired) electrons. The van der Waals surface area contributed by atoms with E-state index in [0.717, 1.165) is 11.3 Å². The van der Waals surface area contributed by atoms with Gasteiger partial charge < -0.3 is 5.73 Å². The largest absolute Gasteiger partial charge is 0.381 e. The summed E-state index contributed by atoms with van der Waals surface area (Å²) in [6.07, 6.45) is 1.30. The van der Waals surface area contributed by atoms with Gasteiger partial charge in [0.05, 0.1) is 5.56 Å². The molecule has 0 spiro atoms. The number of thiophene rings is 1. The lowest BCUT2D eigenvalue weighted by atomic mass is 10.4. The van der Waals surface area contributed by atoms with E-state index >= 15 is 0 Å². The fourth-order valence-electron chi connectivity index (χ4n) is 1.34. The van der Waals surface area contributed by atoms with Gasteiger partial charge in [0.2, 0.25) is 0 Å². The summed E-state index contributed by atoms with van der Waals surface area (Å²) in [5, 5.41) is 14.5. The highest BCUT2D eigenvalue weighted by atomic mass is 32.2. The van der Waals surface area contributed by atoms with E-state index in [4.69, 9.17) is 11.0 Å². The predicted molar refractivity (Wildman–Crippen MR) is 67.5 cm³/mol. The fourth-order valence-corrected chi connectivity index (χ4v) is 3.52. The van der Waals surface area contributed by atoms with Gasteiger partial charge in [-0.05, 0) is 11.4 Å². The maximum absolute atomic E-state index is 12.1. The Kier molecular flexibility index (Phi) is 2.98. The van der Waals surface area contributed by atoms with Crippen LogP contribution in [0, 0.1) is 11.3 Å². The van der Waals surface area contributed by atoms with Crippen LogP contribution in [0.2, 0.25) is 0 Å². The molecule has 9 heteroatoms. The van der Waals surface area contributed by atoms with Crippen molar-refractivity contribution in [3.63, 3.8) is 0 Å². The lowest BCUT2D eigenvalue weighted by Gasteiger charge is -2.04. The van der Waals surface area contributed by atoms with Gasteiger partial charge in [0, 0.05) is 13.2 Å². The van der Waals surface area contributed by atoms with E-state index < -0.39 is 10.0 Å². The molecule has 2 aromatic rings. The van der Waals surface area contributed by atoms with Crippen LogP contribution in [0.25, 0.3) is 0 Å². The quantitative estimate of drug-likeness (QED) is 0.862. The first-order valence-corrected chi connectivity index (χ1v) is 7.10. The number of hydrogen-bond donors (Lipinski definition) is 2. The van der Waals surface area contributed by atoms with E-state index in [2.05, 4.69) is 9.82 Å². The Bertz CT molecular complexity index is 722. The summed E-state index contributed by atoms with van der Waals surface area (Å²) in [6, 6.07) is 3.44. The zero-order valence-corrected chi connectivity index (χ0v) is 10.9. The molecule has 0 aromatic carbocycles. The van der Waals surface area contributed by atoms with Gasteiger partial charge in [0.15, 0.2) is 5.82 Å². The van der Waals surface area contributed by atoms with Crippen LogP contribution >= 0.6 is 11.3 Å². The molecule has 18 heavy (non-hydrogen) atoms. The zero-order valence-electron chi connectivity index (χ0n) is 9.28. The van der Waals surface area contributed by atoms with Crippen molar-refractivity contribution in [2.75, 3.05) is 10.5 Å². The molecule has 0 unspecified atom stereocenters. The standard InChI is InChI=1S/C9H9N5O2S2/c1-14-5-7(8(11)12-14)18(15,16)13-9-6(4-10)2-3-17-9/h2-3,5,13H,1H3,(H2,11,12). The van der Waals surface area contributed by atoms with Gasteiger partial charge in [0.25, 0.3) is 10.0 Å². The van der Waals surface area contributed by atoms with E-state index in [9.17, 15) is 8.42 Å². The highest BCUT2D eigenvalue weighted by Gasteiger charge is 2.22. The molecule has 0 atom stereocenters. The van der Waals surface area contributed by atoms with Gasteiger partial charge in [-0.15, -0.1) is 11.3 Å². The first-order valence-electron chi connectivity index (χ1n) is 4.73. The van der Waals surface area contributed by atoms with Crippen molar-refractivity contribution >= 4 is 32.2 Å². The van der Waals surface area contributed by atoms with Crippen molar-refractivity contribution in [3.05, 3.63) is 23.2 Å². The first kappa shape index (κ1) is 12.4. The number of nitrogens with two attached hydrogens (primary N) is 1. The summed E-state index contributed by atoms with van der Waals surface area (Å²) in [6.45, 7) is 0. The normalized spacial score (nSPS) is 11.1. The average Bonchev–Trinajstić information content (AvgIpc) is 2.84. The number of nitrogens with zero attached hydrogens (tertiary/aromatic N) is 3. The molecular weight excluding hydrogens is 274 g/mol. The van der Waals surface area contributed by atoms with Crippen molar-refractivity contribution in [2.24, 2.45) is 7.05 Å². The summed E-state index contributed by atoms with van der Waals surface area (Å²) in [7, 11) is -2.25. The summed E-state index contributed by atoms with van der Waals surface area (Å²) in [5.41, 5.74) is 5.78. The molecule has 3 N–H and O–H groups in total. The number of anilines is 2. The zero-order chi connectivity index (χ0) is 13.3. The van der Waals surface area contributed by atoms with Crippen LogP contribution in [-0.2, 0) is 17.1 Å². The van der Waals surface area contributed by atoms with Crippen LogP contribution in [0.5, 0.6) is 0 Å². The van der Waals surface area contributed by atoms with Crippen LogP contribution in [0.4, 0.5) is 10.8 Å². The summed E-state index contributed by atoms with van der Waals surface area (Å²) < 4.78 is 27.7. The van der Waals surface area contributed by atoms with Gasteiger partial charge in [-0.2, -0.15) is 10.4 Å². The second kappa shape index (κ2) is 4.32. The molecule has 2 aromatic heterocycles. The SMILES string of the molecule is Cn1cc(S(=O)(=O)Nc2sccc2C#N)c(N)n1. The molecule has 0 bridgehead atoms. The monoisotopic (exact) mass is 283 g/mol. The molecule has 2 rings (SSSR count). The fraction of sp³-hybridized carbons (Fsp3) is 0.111. The maximum Gasteiger partial charge on any atom is 0.267 e. The van der Waals surface area contributed by atoms with Gasteiger partial charge in [-0.25, -0.2) is 8.42 Å². The topological polar surface area (TPSA) is 114 Å². The third-order valence-corrected chi connectivity index (χ3v) is 4.45. The third kappa shape index (κ3) is 2.15. The first-order chi connectivity index (χ1) is 8.44. The molecule has 0 aliphatic heterocycles. The minimum atomic E-state index is -3.82. The van der Waals surface area contributed by atoms with Gasteiger partial charge in [0.1, 0.15) is 16.0 Å². The molecule has 94 valence electrons. The van der Waals surface area contributed by atoms with Crippen molar-refractivity contribution in [3.8, 4) is 6.07 Å². The Morgan fingerprint density at radius 3 is 2.89 bits per heavy atom. The number of aryl methyl sites for hydroxylation is 1. The van der Waals surface area contributed by atoms with Crippen LogP contribution in [0.1, 0.15) is 5.56 Å². The molecule has 0 saturated heterocycles. The smallest absolute Gasteiger partial charge is 0.267 e. The van der Waals surface area contributed by atoms with Crippen molar-refractivity contribution in [2.45, 2.75) is 4.90 Å². The minimum absolute atomic E-state index is 0.0833. The lowest BCUT2D eigenvalue weighted by molar-refractivity contribution is 0.601. The summed E-state index contributed by atoms with van der Waals surface area (Å²) in [4.78, 5) is -0.109. The number of nitrogens with one attached hydrogen (secondary N) is 1. The Labute approximate surface area is 108 Å². The van der Waals surface area contributed by atoms with E-state index in [-0.39, 0.29) is 21.3 Å². The van der Waals surface area contributed by atoms with Gasteiger partial charge in [-0.3, -0.25) is 9.40 Å². The summed E-state index contributed by atoms with van der Waals surface area (Å²) >= 11 is 1.13. The van der Waals surface area contributed by atoms with Crippen molar-refractivity contribution in [1.82, 2.24) is 9.78 Å². The molecule has 0 fully saturated rings. The van der Waals surface area contributed by atoms with Crippen LogP contribution < -0.4 is 10.5 Å². The molecule has 0 aliphatic carbocycles. The van der Waals surface area contributed by atoms with Crippen molar-refractivity contribution < 1.29 is 8.42 Å². The van der Waals surface area contributed by atoms with Crippen LogP contribution in [-0.4, -0.2) is 18.2 Å². The second-order valence-corrected chi connectivity index (χ2v) is 6.00. The van der Waals surface area contributed by atoms with E-state index in [1.54, 1.807) is 12.4 Å². The molecule has 0 amide bonds. The van der Waals surface area contributed by atoms with E-state index in [1.165, 1.54) is 16.9 Å². The predicted octanol–water partition coefficient (Wildman–Crippen LogP) is 0.736. The number of hydrogen-bond acceptors (Lipinski definition) is 6. The highest BCUT2D eigenvalue weighted by molar-refractivity contribution is 7.93. The third-order valence-electron chi connectivity index (χ3n) is 2.12. The van der Waals surface area contributed by atoms with Crippen LogP contribution in [0.15, 0.2) is 22.5 Å². The van der Waals surface area contributed by atoms with E-state index in [1.807, 2.05) is 6.07 Å². The number of sulfonamides is 1. The lowest BCUT2D eigenvalue weighted by Crippen LogP contribution is -2.13. The van der Waals surface area contributed by atoms with Crippen molar-refractivity contribution in [1.29, 1.82) is 5.26 Å². The number of nitriles is 1. The number of aromatic nitrogens is 2. The minimum Gasteiger partial charge on any atom is -0.381 e. The second-order valence-electron chi connectivity index (χ2n) is 3.43. The maximum atomic E-state index is 12.1. The Balaban J connectivity index is 2.40. The molecule has 0 saturated carbocycles.